The van der Waals surface area contributed by atoms with Crippen LogP contribution in [0.5, 0.6) is 5.75 Å². The third-order valence-electron chi connectivity index (χ3n) is 2.61. The molecule has 0 saturated heterocycles. The van der Waals surface area contributed by atoms with Crippen LogP contribution < -0.4 is 10.5 Å². The van der Waals surface area contributed by atoms with Crippen molar-refractivity contribution in [1.82, 2.24) is 0 Å². The number of thiocarbonyl (C=S) groups is 1. The Morgan fingerprint density at radius 3 is 2.35 bits per heavy atom. The highest BCUT2D eigenvalue weighted by Crippen LogP contribution is 2.26. The number of halogens is 3. The standard InChI is InChI=1S/C14H10Cl3NOS/c15-9-3-4-13(11(5-9)14(18)20)19-7-8-1-2-10(16)6-12(8)17/h1-6H,7H2,(H2,18,20). The van der Waals surface area contributed by atoms with Crippen molar-refractivity contribution < 1.29 is 4.74 Å². The van der Waals surface area contributed by atoms with Gasteiger partial charge in [-0.1, -0.05) is 53.1 Å². The lowest BCUT2D eigenvalue weighted by molar-refractivity contribution is 0.306. The zero-order valence-corrected chi connectivity index (χ0v) is 13.3. The van der Waals surface area contributed by atoms with Gasteiger partial charge in [-0.2, -0.15) is 0 Å². The van der Waals surface area contributed by atoms with Gasteiger partial charge in [-0.25, -0.2) is 0 Å². The van der Waals surface area contributed by atoms with Gasteiger partial charge in [0.2, 0.25) is 0 Å². The molecule has 0 bridgehead atoms. The SMILES string of the molecule is NC(=S)c1cc(Cl)ccc1OCc1ccc(Cl)cc1Cl. The average Bonchev–Trinajstić information content (AvgIpc) is 2.38. The maximum Gasteiger partial charge on any atom is 0.130 e. The van der Waals surface area contributed by atoms with Gasteiger partial charge in [-0.15, -0.1) is 0 Å². The number of ether oxygens (including phenoxy) is 1. The molecular weight excluding hydrogens is 337 g/mol. The van der Waals surface area contributed by atoms with Crippen LogP contribution in [0.3, 0.4) is 0 Å². The van der Waals surface area contributed by atoms with Gasteiger partial charge in [0.05, 0.1) is 5.56 Å². The van der Waals surface area contributed by atoms with Crippen LogP contribution in [0.1, 0.15) is 11.1 Å². The van der Waals surface area contributed by atoms with Gasteiger partial charge in [0.25, 0.3) is 0 Å². The summed E-state index contributed by atoms with van der Waals surface area (Å²) in [4.78, 5) is 0.227. The molecule has 0 aliphatic carbocycles. The quantitative estimate of drug-likeness (QED) is 0.803. The zero-order chi connectivity index (χ0) is 14.7. The fourth-order valence-electron chi connectivity index (χ4n) is 1.61. The molecule has 0 aromatic heterocycles. The van der Waals surface area contributed by atoms with Gasteiger partial charge in [0.15, 0.2) is 0 Å². The molecule has 104 valence electrons. The van der Waals surface area contributed by atoms with E-state index in [9.17, 15) is 0 Å². The van der Waals surface area contributed by atoms with E-state index in [-0.39, 0.29) is 11.6 Å². The molecule has 0 aliphatic heterocycles. The summed E-state index contributed by atoms with van der Waals surface area (Å²) < 4.78 is 5.71. The van der Waals surface area contributed by atoms with E-state index in [4.69, 9.17) is 57.5 Å². The molecule has 0 radical (unpaired) electrons. The van der Waals surface area contributed by atoms with Crippen molar-refractivity contribution >= 4 is 52.0 Å². The first-order chi connectivity index (χ1) is 9.47. The molecule has 0 fully saturated rings. The van der Waals surface area contributed by atoms with E-state index in [0.29, 0.717) is 26.4 Å². The highest BCUT2D eigenvalue weighted by molar-refractivity contribution is 7.80. The fraction of sp³-hybridized carbons (Fsp3) is 0.0714. The molecule has 0 amide bonds. The number of hydrogen-bond acceptors (Lipinski definition) is 2. The van der Waals surface area contributed by atoms with Crippen LogP contribution in [0.2, 0.25) is 15.1 Å². The number of hydrogen-bond donors (Lipinski definition) is 1. The summed E-state index contributed by atoms with van der Waals surface area (Å²) in [5.41, 5.74) is 7.07. The van der Waals surface area contributed by atoms with E-state index in [2.05, 4.69) is 0 Å². The molecule has 2 aromatic rings. The molecule has 2 nitrogen and oxygen atoms in total. The maximum atomic E-state index is 6.09. The summed E-state index contributed by atoms with van der Waals surface area (Å²) in [6, 6.07) is 10.3. The molecule has 2 N–H and O–H groups in total. The monoisotopic (exact) mass is 345 g/mol. The van der Waals surface area contributed by atoms with Crippen LogP contribution >= 0.6 is 47.0 Å². The van der Waals surface area contributed by atoms with Crippen molar-refractivity contribution in [3.05, 3.63) is 62.6 Å². The van der Waals surface area contributed by atoms with Crippen LogP contribution in [0.15, 0.2) is 36.4 Å². The summed E-state index contributed by atoms with van der Waals surface area (Å²) in [6.07, 6.45) is 0. The Hall–Kier alpha value is -1.000. The Labute approximate surface area is 137 Å². The Bertz CT molecular complexity index is 661. The minimum atomic E-state index is 0.227. The molecule has 0 saturated carbocycles. The predicted octanol–water partition coefficient (Wildman–Crippen LogP) is 4.86. The van der Waals surface area contributed by atoms with Crippen LogP contribution in [-0.2, 0) is 6.61 Å². The lowest BCUT2D eigenvalue weighted by Gasteiger charge is -2.12. The van der Waals surface area contributed by atoms with E-state index in [1.165, 1.54) is 0 Å². The largest absolute Gasteiger partial charge is 0.488 e. The molecular formula is C14H10Cl3NOS. The molecule has 2 rings (SSSR count). The molecule has 0 aliphatic rings. The highest BCUT2D eigenvalue weighted by atomic mass is 35.5. The minimum Gasteiger partial charge on any atom is -0.488 e. The molecule has 0 atom stereocenters. The molecule has 0 heterocycles. The van der Waals surface area contributed by atoms with Crippen molar-refractivity contribution in [2.75, 3.05) is 0 Å². The van der Waals surface area contributed by atoms with Gasteiger partial charge >= 0.3 is 0 Å². The van der Waals surface area contributed by atoms with Crippen LogP contribution in [0.25, 0.3) is 0 Å². The number of benzene rings is 2. The normalized spacial score (nSPS) is 10.3. The fourth-order valence-corrected chi connectivity index (χ4v) is 2.41. The summed E-state index contributed by atoms with van der Waals surface area (Å²) >= 11 is 22.8. The second kappa shape index (κ2) is 6.64. The lowest BCUT2D eigenvalue weighted by atomic mass is 10.2. The molecule has 0 spiro atoms. The second-order valence-electron chi connectivity index (χ2n) is 4.03. The highest BCUT2D eigenvalue weighted by Gasteiger charge is 2.09. The maximum absolute atomic E-state index is 6.09. The Balaban J connectivity index is 2.20. The third-order valence-corrected chi connectivity index (χ3v) is 3.65. The summed E-state index contributed by atoms with van der Waals surface area (Å²) in [5.74, 6) is 0.563. The lowest BCUT2D eigenvalue weighted by Crippen LogP contribution is -2.11. The van der Waals surface area contributed by atoms with Gasteiger partial charge in [-0.3, -0.25) is 0 Å². The topological polar surface area (TPSA) is 35.2 Å². The Morgan fingerprint density at radius 1 is 1.05 bits per heavy atom. The summed E-state index contributed by atoms with van der Waals surface area (Å²) in [7, 11) is 0. The average molecular weight is 347 g/mol. The van der Waals surface area contributed by atoms with Gasteiger partial charge in [0, 0.05) is 20.6 Å². The first-order valence-corrected chi connectivity index (χ1v) is 7.17. The van der Waals surface area contributed by atoms with Crippen molar-refractivity contribution in [2.45, 2.75) is 6.61 Å². The predicted molar refractivity (Wildman–Crippen MR) is 88.1 cm³/mol. The zero-order valence-electron chi connectivity index (χ0n) is 10.2. The van der Waals surface area contributed by atoms with Gasteiger partial charge < -0.3 is 10.5 Å². The molecule has 6 heteroatoms. The van der Waals surface area contributed by atoms with E-state index in [0.717, 1.165) is 5.56 Å². The van der Waals surface area contributed by atoms with E-state index < -0.39 is 0 Å². The smallest absolute Gasteiger partial charge is 0.130 e. The Morgan fingerprint density at radius 2 is 1.70 bits per heavy atom. The third kappa shape index (κ3) is 3.76. The van der Waals surface area contributed by atoms with Crippen molar-refractivity contribution in [3.63, 3.8) is 0 Å². The molecule has 20 heavy (non-hydrogen) atoms. The molecule has 0 unspecified atom stereocenters. The van der Waals surface area contributed by atoms with Crippen molar-refractivity contribution in [3.8, 4) is 5.75 Å². The van der Waals surface area contributed by atoms with Gasteiger partial charge in [-0.05, 0) is 30.3 Å². The van der Waals surface area contributed by atoms with Crippen molar-refractivity contribution in [2.24, 2.45) is 5.73 Å². The number of nitrogens with two attached hydrogens (primary N) is 1. The Kier molecular flexibility index (Phi) is 5.11. The van der Waals surface area contributed by atoms with Crippen LogP contribution in [0.4, 0.5) is 0 Å². The van der Waals surface area contributed by atoms with Crippen LogP contribution in [0, 0.1) is 0 Å². The van der Waals surface area contributed by atoms with E-state index in [1.807, 2.05) is 0 Å². The molecule has 2 aromatic carbocycles. The van der Waals surface area contributed by atoms with Gasteiger partial charge in [0.1, 0.15) is 17.3 Å². The van der Waals surface area contributed by atoms with Crippen molar-refractivity contribution in [1.29, 1.82) is 0 Å². The summed E-state index contributed by atoms with van der Waals surface area (Å²) in [6.45, 7) is 0.285. The first-order valence-electron chi connectivity index (χ1n) is 5.63. The van der Waals surface area contributed by atoms with E-state index in [1.54, 1.807) is 36.4 Å². The van der Waals surface area contributed by atoms with E-state index >= 15 is 0 Å². The number of rotatable bonds is 4. The van der Waals surface area contributed by atoms with Crippen LogP contribution in [-0.4, -0.2) is 4.99 Å². The summed E-state index contributed by atoms with van der Waals surface area (Å²) in [5, 5.41) is 1.67. The second-order valence-corrected chi connectivity index (χ2v) is 5.75. The first kappa shape index (κ1) is 15.4. The minimum absolute atomic E-state index is 0.227.